The molecule has 2 fully saturated rings. The van der Waals surface area contributed by atoms with E-state index in [1.54, 1.807) is 24.3 Å². The monoisotopic (exact) mass is 316 g/mol. The first-order chi connectivity index (χ1) is 10.6. The van der Waals surface area contributed by atoms with Crippen molar-refractivity contribution in [1.29, 1.82) is 0 Å². The van der Waals surface area contributed by atoms with Gasteiger partial charge < -0.3 is 15.2 Å². The van der Waals surface area contributed by atoms with Gasteiger partial charge >= 0.3 is 0 Å². The Bertz CT molecular complexity index is 686. The zero-order chi connectivity index (χ0) is 15.4. The third-order valence-electron chi connectivity index (χ3n) is 5.36. The highest BCUT2D eigenvalue weighted by Gasteiger charge is 2.61. The van der Waals surface area contributed by atoms with Gasteiger partial charge in [-0.2, -0.15) is 0 Å². The molecule has 0 heterocycles. The topological polar surface area (TPSA) is 69.2 Å². The van der Waals surface area contributed by atoms with Crippen LogP contribution in [-0.4, -0.2) is 11.9 Å². The average Bonchev–Trinajstić information content (AvgIpc) is 3.30. The molecule has 0 radical (unpaired) electrons. The Balaban J connectivity index is 1.63. The standard InChI is InChI=1S/C17H16ClNO3/c18-12-3-1-2-4-13(12)19-16(20)14-8-5-6-9(11-7-10(8)11)15(14)17(21)22/h1-6,8-11,14-15H,7H2,(H,19,20)(H,21,22)/p-1. The summed E-state index contributed by atoms with van der Waals surface area (Å²) in [5.74, 6) is -1.89. The fourth-order valence-electron chi connectivity index (χ4n) is 4.33. The van der Waals surface area contributed by atoms with Crippen molar-refractivity contribution in [2.45, 2.75) is 6.42 Å². The van der Waals surface area contributed by atoms with Crippen LogP contribution in [0, 0.1) is 35.5 Å². The van der Waals surface area contributed by atoms with Crippen LogP contribution in [0.2, 0.25) is 5.02 Å². The Morgan fingerprint density at radius 1 is 1.09 bits per heavy atom. The normalized spacial score (nSPS) is 37.5. The number of hydrogen-bond acceptors (Lipinski definition) is 3. The molecule has 4 nitrogen and oxygen atoms in total. The van der Waals surface area contributed by atoms with Crippen molar-refractivity contribution in [1.82, 2.24) is 0 Å². The van der Waals surface area contributed by atoms with Crippen LogP contribution < -0.4 is 10.4 Å². The van der Waals surface area contributed by atoms with Gasteiger partial charge in [0.25, 0.3) is 0 Å². The molecule has 2 bridgehead atoms. The molecular formula is C17H15ClNO3-. The number of rotatable bonds is 3. The minimum atomic E-state index is -1.12. The summed E-state index contributed by atoms with van der Waals surface area (Å²) in [6.07, 6.45) is 5.01. The number of amides is 1. The molecule has 1 N–H and O–H groups in total. The first-order valence-electron chi connectivity index (χ1n) is 7.52. The number of para-hydroxylation sites is 1. The highest BCUT2D eigenvalue weighted by Crippen LogP contribution is 2.63. The maximum Gasteiger partial charge on any atom is 0.228 e. The summed E-state index contributed by atoms with van der Waals surface area (Å²) in [5.41, 5.74) is 0.518. The summed E-state index contributed by atoms with van der Waals surface area (Å²) < 4.78 is 0. The van der Waals surface area contributed by atoms with E-state index in [9.17, 15) is 14.7 Å². The lowest BCUT2D eigenvalue weighted by atomic mass is 9.62. The Morgan fingerprint density at radius 2 is 1.73 bits per heavy atom. The van der Waals surface area contributed by atoms with Crippen molar-refractivity contribution in [3.63, 3.8) is 0 Å². The van der Waals surface area contributed by atoms with Gasteiger partial charge in [-0.05, 0) is 42.2 Å². The minimum Gasteiger partial charge on any atom is -0.550 e. The van der Waals surface area contributed by atoms with E-state index in [4.69, 9.17) is 11.6 Å². The molecule has 5 heteroatoms. The Hall–Kier alpha value is -1.81. The molecule has 6 unspecified atom stereocenters. The Morgan fingerprint density at radius 3 is 2.36 bits per heavy atom. The number of benzene rings is 1. The van der Waals surface area contributed by atoms with Crippen LogP contribution in [0.1, 0.15) is 6.42 Å². The molecule has 1 amide bonds. The summed E-state index contributed by atoms with van der Waals surface area (Å²) in [6.45, 7) is 0. The van der Waals surface area contributed by atoms with Crippen LogP contribution in [-0.2, 0) is 9.59 Å². The first kappa shape index (κ1) is 13.8. The van der Waals surface area contributed by atoms with Gasteiger partial charge in [-0.25, -0.2) is 0 Å². The molecule has 1 aromatic carbocycles. The van der Waals surface area contributed by atoms with E-state index in [2.05, 4.69) is 5.32 Å². The van der Waals surface area contributed by atoms with E-state index >= 15 is 0 Å². The van der Waals surface area contributed by atoms with Gasteiger partial charge in [-0.15, -0.1) is 0 Å². The van der Waals surface area contributed by atoms with E-state index in [1.165, 1.54) is 0 Å². The number of carbonyl (C=O) groups excluding carboxylic acids is 2. The molecule has 0 aliphatic heterocycles. The number of aliphatic carboxylic acids is 1. The molecule has 4 aliphatic rings. The lowest BCUT2D eigenvalue weighted by molar-refractivity contribution is -0.316. The maximum atomic E-state index is 12.7. The van der Waals surface area contributed by atoms with E-state index in [0.29, 0.717) is 22.5 Å². The number of nitrogens with one attached hydrogen (secondary N) is 1. The average molecular weight is 317 g/mol. The number of allylic oxidation sites excluding steroid dienone is 2. The molecule has 2 saturated carbocycles. The van der Waals surface area contributed by atoms with Crippen molar-refractivity contribution >= 4 is 29.2 Å². The molecule has 4 aliphatic carbocycles. The zero-order valence-electron chi connectivity index (χ0n) is 11.7. The van der Waals surface area contributed by atoms with Crippen LogP contribution >= 0.6 is 11.6 Å². The second-order valence-electron chi connectivity index (χ2n) is 6.44. The third-order valence-corrected chi connectivity index (χ3v) is 5.69. The van der Waals surface area contributed by atoms with Gasteiger partial charge in [-0.3, -0.25) is 4.79 Å². The Labute approximate surface area is 133 Å². The predicted octanol–water partition coefficient (Wildman–Crippen LogP) is 1.71. The lowest BCUT2D eigenvalue weighted by Crippen LogP contribution is -2.52. The molecule has 22 heavy (non-hydrogen) atoms. The largest absolute Gasteiger partial charge is 0.550 e. The summed E-state index contributed by atoms with van der Waals surface area (Å²) in [5, 5.41) is 14.8. The second-order valence-corrected chi connectivity index (χ2v) is 6.85. The Kier molecular flexibility index (Phi) is 3.05. The third kappa shape index (κ3) is 1.97. The highest BCUT2D eigenvalue weighted by atomic mass is 35.5. The quantitative estimate of drug-likeness (QED) is 0.863. The van der Waals surface area contributed by atoms with Gasteiger partial charge in [0.15, 0.2) is 0 Å². The van der Waals surface area contributed by atoms with E-state index in [0.717, 1.165) is 6.42 Å². The van der Waals surface area contributed by atoms with Crippen molar-refractivity contribution in [3.8, 4) is 0 Å². The van der Waals surface area contributed by atoms with Crippen molar-refractivity contribution in [2.24, 2.45) is 35.5 Å². The van der Waals surface area contributed by atoms with Crippen molar-refractivity contribution in [3.05, 3.63) is 41.4 Å². The van der Waals surface area contributed by atoms with Crippen LogP contribution in [0.5, 0.6) is 0 Å². The van der Waals surface area contributed by atoms with Gasteiger partial charge in [0.1, 0.15) is 0 Å². The van der Waals surface area contributed by atoms with Crippen molar-refractivity contribution < 1.29 is 14.7 Å². The molecule has 0 saturated heterocycles. The van der Waals surface area contributed by atoms with Crippen LogP contribution in [0.25, 0.3) is 0 Å². The second kappa shape index (κ2) is 4.85. The fourth-order valence-corrected chi connectivity index (χ4v) is 4.52. The molecule has 114 valence electrons. The van der Waals surface area contributed by atoms with E-state index < -0.39 is 17.8 Å². The number of anilines is 1. The number of hydrogen-bond donors (Lipinski definition) is 1. The number of fused-ring (bicyclic) bond motifs is 1. The lowest BCUT2D eigenvalue weighted by Gasteiger charge is -2.44. The van der Waals surface area contributed by atoms with E-state index in [-0.39, 0.29) is 17.7 Å². The molecule has 0 aromatic heterocycles. The molecule has 1 aromatic rings. The minimum absolute atomic E-state index is 0.000359. The first-order valence-corrected chi connectivity index (χ1v) is 7.90. The maximum absolute atomic E-state index is 12.7. The van der Waals surface area contributed by atoms with E-state index in [1.807, 2.05) is 12.2 Å². The molecule has 5 rings (SSSR count). The van der Waals surface area contributed by atoms with Crippen LogP contribution in [0.4, 0.5) is 5.69 Å². The van der Waals surface area contributed by atoms with Gasteiger partial charge in [-0.1, -0.05) is 35.9 Å². The fraction of sp³-hybridized carbons (Fsp3) is 0.412. The zero-order valence-corrected chi connectivity index (χ0v) is 12.5. The smallest absolute Gasteiger partial charge is 0.228 e. The SMILES string of the molecule is O=C([O-])C1C2C=CC(C3CC23)C1C(=O)Nc1ccccc1Cl. The van der Waals surface area contributed by atoms with Crippen molar-refractivity contribution in [2.75, 3.05) is 5.32 Å². The number of carboxylic acid groups (broad SMARTS) is 1. The highest BCUT2D eigenvalue weighted by molar-refractivity contribution is 6.33. The van der Waals surface area contributed by atoms with Crippen LogP contribution in [0.3, 0.4) is 0 Å². The summed E-state index contributed by atoms with van der Waals surface area (Å²) in [7, 11) is 0. The summed E-state index contributed by atoms with van der Waals surface area (Å²) in [6, 6.07) is 6.96. The summed E-state index contributed by atoms with van der Waals surface area (Å²) >= 11 is 6.06. The predicted molar refractivity (Wildman–Crippen MR) is 79.8 cm³/mol. The molecule has 6 atom stereocenters. The van der Waals surface area contributed by atoms with Gasteiger partial charge in [0.2, 0.25) is 5.91 Å². The number of carbonyl (C=O) groups is 2. The number of carboxylic acids is 1. The number of halogens is 1. The summed E-state index contributed by atoms with van der Waals surface area (Å²) in [4.78, 5) is 24.3. The molecular weight excluding hydrogens is 302 g/mol. The van der Waals surface area contributed by atoms with Gasteiger partial charge in [0.05, 0.1) is 16.6 Å². The molecule has 0 spiro atoms. The van der Waals surface area contributed by atoms with Crippen LogP contribution in [0.15, 0.2) is 36.4 Å². The van der Waals surface area contributed by atoms with Gasteiger partial charge in [0, 0.05) is 11.9 Å².